The van der Waals surface area contributed by atoms with E-state index in [-0.39, 0.29) is 20.6 Å². The Kier molecular flexibility index (Phi) is 4.08. The fourth-order valence-electron chi connectivity index (χ4n) is 1.51. The van der Waals surface area contributed by atoms with Crippen LogP contribution < -0.4 is 10.3 Å². The van der Waals surface area contributed by atoms with E-state index in [1.54, 1.807) is 18.2 Å². The first kappa shape index (κ1) is 14.9. The zero-order chi connectivity index (χ0) is 14.9. The largest absolute Gasteiger partial charge is 0.326 e. The van der Waals surface area contributed by atoms with Gasteiger partial charge in [-0.15, -0.1) is 0 Å². The molecule has 0 saturated carbocycles. The fraction of sp³-hybridized carbons (Fsp3) is 0.0833. The Balaban J connectivity index is 2.43. The summed E-state index contributed by atoms with van der Waals surface area (Å²) in [6.45, 7) is 1.81. The van der Waals surface area contributed by atoms with Crippen molar-refractivity contribution in [2.45, 2.75) is 11.8 Å². The number of rotatable bonds is 3. The third-order valence-corrected chi connectivity index (χ3v) is 4.46. The minimum absolute atomic E-state index is 0.153. The highest BCUT2D eigenvalue weighted by molar-refractivity contribution is 7.92. The van der Waals surface area contributed by atoms with Gasteiger partial charge in [-0.1, -0.05) is 29.3 Å². The Morgan fingerprint density at radius 2 is 1.85 bits per heavy atom. The molecule has 2 aromatic rings. The van der Waals surface area contributed by atoms with Gasteiger partial charge in [0.25, 0.3) is 15.6 Å². The van der Waals surface area contributed by atoms with Crippen molar-refractivity contribution in [3.63, 3.8) is 0 Å². The number of hydrogen-bond acceptors (Lipinski definition) is 3. The second-order valence-corrected chi connectivity index (χ2v) is 6.60. The van der Waals surface area contributed by atoms with Crippen molar-refractivity contribution in [3.8, 4) is 0 Å². The average Bonchev–Trinajstić information content (AvgIpc) is 2.36. The van der Waals surface area contributed by atoms with Gasteiger partial charge in [0.15, 0.2) is 0 Å². The number of benzene rings is 1. The van der Waals surface area contributed by atoms with Gasteiger partial charge in [0.05, 0.1) is 10.7 Å². The van der Waals surface area contributed by atoms with Crippen LogP contribution in [-0.4, -0.2) is 13.4 Å². The number of sulfonamides is 1. The van der Waals surface area contributed by atoms with Crippen LogP contribution in [0.5, 0.6) is 0 Å². The van der Waals surface area contributed by atoms with Crippen LogP contribution in [-0.2, 0) is 10.0 Å². The molecule has 0 radical (unpaired) electrons. The molecule has 0 spiro atoms. The molecule has 0 unspecified atom stereocenters. The van der Waals surface area contributed by atoms with E-state index in [2.05, 4.69) is 9.71 Å². The number of aryl methyl sites for hydroxylation is 1. The lowest BCUT2D eigenvalue weighted by Crippen LogP contribution is -2.16. The fourth-order valence-corrected chi connectivity index (χ4v) is 3.03. The van der Waals surface area contributed by atoms with Crippen LogP contribution in [0.4, 0.5) is 5.69 Å². The minimum atomic E-state index is -3.88. The maximum atomic E-state index is 12.2. The SMILES string of the molecule is Cc1ccc(Cl)c(NS(=O)(=O)c2c[nH]c(=O)c(Cl)c2)c1. The minimum Gasteiger partial charge on any atom is -0.326 e. The number of halogens is 2. The number of anilines is 1. The lowest BCUT2D eigenvalue weighted by atomic mass is 10.2. The quantitative estimate of drug-likeness (QED) is 0.906. The summed E-state index contributed by atoms with van der Waals surface area (Å²) < 4.78 is 26.7. The first-order valence-corrected chi connectivity index (χ1v) is 7.71. The van der Waals surface area contributed by atoms with Crippen molar-refractivity contribution in [1.82, 2.24) is 4.98 Å². The van der Waals surface area contributed by atoms with Crippen molar-refractivity contribution < 1.29 is 8.42 Å². The smallest absolute Gasteiger partial charge is 0.266 e. The van der Waals surface area contributed by atoms with Gasteiger partial charge in [0.2, 0.25) is 0 Å². The lowest BCUT2D eigenvalue weighted by Gasteiger charge is -2.10. The van der Waals surface area contributed by atoms with Crippen LogP contribution >= 0.6 is 23.2 Å². The molecule has 0 aliphatic rings. The molecule has 2 N–H and O–H groups in total. The molecular weight excluding hydrogens is 323 g/mol. The summed E-state index contributed by atoms with van der Waals surface area (Å²) in [5.41, 5.74) is 0.555. The molecule has 0 amide bonds. The molecule has 8 heteroatoms. The number of aromatic nitrogens is 1. The molecule has 20 heavy (non-hydrogen) atoms. The van der Waals surface area contributed by atoms with Crippen molar-refractivity contribution in [3.05, 3.63) is 56.4 Å². The molecule has 0 bridgehead atoms. The van der Waals surface area contributed by atoms with E-state index in [9.17, 15) is 13.2 Å². The third-order valence-electron chi connectivity index (χ3n) is 2.51. The molecule has 1 heterocycles. The van der Waals surface area contributed by atoms with Gasteiger partial charge in [-0.25, -0.2) is 8.42 Å². The second-order valence-electron chi connectivity index (χ2n) is 4.10. The van der Waals surface area contributed by atoms with Gasteiger partial charge < -0.3 is 4.98 Å². The zero-order valence-corrected chi connectivity index (χ0v) is 12.6. The molecule has 1 aromatic heterocycles. The van der Waals surface area contributed by atoms with Crippen LogP contribution in [0.2, 0.25) is 10.0 Å². The molecule has 0 fully saturated rings. The van der Waals surface area contributed by atoms with Crippen LogP contribution in [0.25, 0.3) is 0 Å². The molecule has 0 aliphatic heterocycles. The van der Waals surface area contributed by atoms with Crippen LogP contribution in [0.1, 0.15) is 5.56 Å². The maximum Gasteiger partial charge on any atom is 0.266 e. The van der Waals surface area contributed by atoms with Crippen molar-refractivity contribution >= 4 is 38.9 Å². The highest BCUT2D eigenvalue weighted by atomic mass is 35.5. The molecule has 2 rings (SSSR count). The Bertz CT molecular complexity index is 816. The summed E-state index contributed by atoms with van der Waals surface area (Å²) in [7, 11) is -3.88. The average molecular weight is 333 g/mol. The number of pyridine rings is 1. The number of H-pyrrole nitrogens is 1. The van der Waals surface area contributed by atoms with E-state index in [1.165, 1.54) is 0 Å². The summed E-state index contributed by atoms with van der Waals surface area (Å²) in [4.78, 5) is 13.2. The number of nitrogens with one attached hydrogen (secondary N) is 2. The molecule has 1 aromatic carbocycles. The van der Waals surface area contributed by atoms with Gasteiger partial charge in [-0.3, -0.25) is 9.52 Å². The predicted octanol–water partition coefficient (Wildman–Crippen LogP) is 2.79. The van der Waals surface area contributed by atoms with Crippen LogP contribution in [0.15, 0.2) is 40.2 Å². The Hall–Kier alpha value is -1.50. The van der Waals surface area contributed by atoms with E-state index in [0.29, 0.717) is 0 Å². The van der Waals surface area contributed by atoms with Gasteiger partial charge in [-0.05, 0) is 30.7 Å². The van der Waals surface area contributed by atoms with Gasteiger partial charge in [0, 0.05) is 6.20 Å². The maximum absolute atomic E-state index is 12.2. The molecule has 0 aliphatic carbocycles. The van der Waals surface area contributed by atoms with E-state index >= 15 is 0 Å². The van der Waals surface area contributed by atoms with E-state index in [1.807, 2.05) is 6.92 Å². The summed E-state index contributed by atoms with van der Waals surface area (Å²) in [5.74, 6) is 0. The van der Waals surface area contributed by atoms with E-state index in [0.717, 1.165) is 17.8 Å². The molecule has 106 valence electrons. The first-order chi connectivity index (χ1) is 9.29. The second kappa shape index (κ2) is 5.47. The van der Waals surface area contributed by atoms with Gasteiger partial charge in [0.1, 0.15) is 9.92 Å². The monoisotopic (exact) mass is 332 g/mol. The van der Waals surface area contributed by atoms with Gasteiger partial charge >= 0.3 is 0 Å². The zero-order valence-electron chi connectivity index (χ0n) is 10.3. The highest BCUT2D eigenvalue weighted by Gasteiger charge is 2.17. The number of hydrogen-bond donors (Lipinski definition) is 2. The molecule has 5 nitrogen and oxygen atoms in total. The normalized spacial score (nSPS) is 11.3. The third kappa shape index (κ3) is 3.15. The topological polar surface area (TPSA) is 79.0 Å². The van der Waals surface area contributed by atoms with Crippen molar-refractivity contribution in [2.75, 3.05) is 4.72 Å². The van der Waals surface area contributed by atoms with Gasteiger partial charge in [-0.2, -0.15) is 0 Å². The van der Waals surface area contributed by atoms with E-state index in [4.69, 9.17) is 23.2 Å². The highest BCUT2D eigenvalue weighted by Crippen LogP contribution is 2.25. The van der Waals surface area contributed by atoms with Crippen LogP contribution in [0.3, 0.4) is 0 Å². The summed E-state index contributed by atoms with van der Waals surface area (Å²) >= 11 is 11.6. The summed E-state index contributed by atoms with van der Waals surface area (Å²) in [6.07, 6.45) is 1.07. The molecular formula is C12H10Cl2N2O3S. The van der Waals surface area contributed by atoms with Crippen molar-refractivity contribution in [2.24, 2.45) is 0 Å². The molecule has 0 atom stereocenters. The summed E-state index contributed by atoms with van der Waals surface area (Å²) in [6, 6.07) is 6.03. The lowest BCUT2D eigenvalue weighted by molar-refractivity contribution is 0.600. The van der Waals surface area contributed by atoms with E-state index < -0.39 is 15.6 Å². The Labute approximate surface area is 125 Å². The summed E-state index contributed by atoms with van der Waals surface area (Å²) in [5, 5.41) is 0.0675. The number of aromatic amines is 1. The Morgan fingerprint density at radius 1 is 1.15 bits per heavy atom. The molecule has 0 saturated heterocycles. The Morgan fingerprint density at radius 3 is 2.50 bits per heavy atom. The first-order valence-electron chi connectivity index (χ1n) is 5.47. The van der Waals surface area contributed by atoms with Crippen molar-refractivity contribution in [1.29, 1.82) is 0 Å². The predicted molar refractivity (Wildman–Crippen MR) is 79.1 cm³/mol. The standard InChI is InChI=1S/C12H10Cl2N2O3S/c1-7-2-3-9(13)11(4-7)16-20(18,19)8-5-10(14)12(17)15-6-8/h2-6,16H,1H3,(H,15,17). The van der Waals surface area contributed by atoms with Crippen LogP contribution in [0, 0.1) is 6.92 Å².